The van der Waals surface area contributed by atoms with E-state index in [0.717, 1.165) is 30.2 Å². The van der Waals surface area contributed by atoms with Crippen LogP contribution in [0.3, 0.4) is 0 Å². The molecule has 4 heteroatoms. The topological polar surface area (TPSA) is 9.23 Å². The Hall–Kier alpha value is -1.81. The minimum absolute atomic E-state index is 0.193. The van der Waals surface area contributed by atoms with Crippen LogP contribution >= 0.6 is 0 Å². The molecule has 2 aromatic carbocycles. The Balaban J connectivity index is 1.23. The van der Waals surface area contributed by atoms with Gasteiger partial charge in [-0.3, -0.25) is 0 Å². The molecule has 2 fully saturated rings. The van der Waals surface area contributed by atoms with Crippen LogP contribution in [-0.2, 0) is 17.8 Å². The molecule has 0 N–H and O–H groups in total. The third-order valence-corrected chi connectivity index (χ3v) is 9.45. The van der Waals surface area contributed by atoms with Crippen molar-refractivity contribution in [2.45, 2.75) is 135 Å². The Bertz CT molecular complexity index is 985. The molecule has 1 nitrogen and oxygen atoms in total. The summed E-state index contributed by atoms with van der Waals surface area (Å²) in [5.41, 5.74) is 2.99. The highest BCUT2D eigenvalue weighted by molar-refractivity contribution is 5.28. The summed E-state index contributed by atoms with van der Waals surface area (Å²) in [7, 11) is 0. The maximum atomic E-state index is 14.8. The smallest absolute Gasteiger partial charge is 0.315 e. The van der Waals surface area contributed by atoms with E-state index in [9.17, 15) is 13.2 Å². The molecule has 0 atom stereocenters. The summed E-state index contributed by atoms with van der Waals surface area (Å²) in [4.78, 5) is 0. The van der Waals surface area contributed by atoms with Gasteiger partial charge >= 0.3 is 6.11 Å². The summed E-state index contributed by atoms with van der Waals surface area (Å²) < 4.78 is 49.1. The maximum Gasteiger partial charge on any atom is 0.360 e. The minimum atomic E-state index is -3.35. The summed E-state index contributed by atoms with van der Waals surface area (Å²) in [5, 5.41) is 0. The van der Waals surface area contributed by atoms with Gasteiger partial charge in [0.2, 0.25) is 0 Å². The fourth-order valence-electron chi connectivity index (χ4n) is 6.97. The van der Waals surface area contributed by atoms with E-state index in [2.05, 4.69) is 13.8 Å². The van der Waals surface area contributed by atoms with Gasteiger partial charge in [-0.25, -0.2) is 4.39 Å². The van der Waals surface area contributed by atoms with E-state index in [4.69, 9.17) is 4.74 Å². The van der Waals surface area contributed by atoms with Crippen molar-refractivity contribution in [1.82, 2.24) is 0 Å². The van der Waals surface area contributed by atoms with Crippen LogP contribution in [0, 0.1) is 17.7 Å². The van der Waals surface area contributed by atoms with Gasteiger partial charge < -0.3 is 4.74 Å². The van der Waals surface area contributed by atoms with E-state index in [1.165, 1.54) is 82.6 Å². The number of benzene rings is 2. The summed E-state index contributed by atoms with van der Waals surface area (Å²) in [5.74, 6) is 2.11. The Kier molecular flexibility index (Phi) is 11.4. The average Bonchev–Trinajstić information content (AvgIpc) is 2.94. The van der Waals surface area contributed by atoms with Crippen LogP contribution in [0.5, 0.6) is 0 Å². The zero-order valence-corrected chi connectivity index (χ0v) is 24.2. The molecule has 0 radical (unpaired) electrons. The first-order valence-electron chi connectivity index (χ1n) is 15.8. The van der Waals surface area contributed by atoms with Gasteiger partial charge in [-0.15, -0.1) is 0 Å². The number of unbranched alkanes of at least 4 members (excludes halogenated alkanes) is 2. The molecule has 216 valence electrons. The molecule has 0 amide bonds. The Labute approximate surface area is 234 Å². The number of rotatable bonds is 13. The highest BCUT2D eigenvalue weighted by Gasteiger charge is 2.31. The molecule has 4 rings (SSSR count). The van der Waals surface area contributed by atoms with E-state index >= 15 is 0 Å². The van der Waals surface area contributed by atoms with E-state index in [1.54, 1.807) is 12.1 Å². The summed E-state index contributed by atoms with van der Waals surface area (Å²) in [6.45, 7) is 4.05. The first-order chi connectivity index (χ1) is 18.9. The van der Waals surface area contributed by atoms with Crippen LogP contribution in [-0.4, -0.2) is 6.11 Å². The van der Waals surface area contributed by atoms with Gasteiger partial charge in [-0.1, -0.05) is 88.8 Å². The van der Waals surface area contributed by atoms with Gasteiger partial charge in [0.1, 0.15) is 5.82 Å². The Morgan fingerprint density at radius 3 is 1.90 bits per heavy atom. The van der Waals surface area contributed by atoms with E-state index in [0.29, 0.717) is 17.4 Å². The van der Waals surface area contributed by atoms with Crippen LogP contribution in [0.25, 0.3) is 0 Å². The lowest BCUT2D eigenvalue weighted by Gasteiger charge is -2.29. The van der Waals surface area contributed by atoms with Gasteiger partial charge in [0.15, 0.2) is 0 Å². The lowest BCUT2D eigenvalue weighted by molar-refractivity contribution is -0.244. The zero-order valence-electron chi connectivity index (χ0n) is 24.2. The fraction of sp³-hybridized carbons (Fsp3) is 0.657. The fourth-order valence-corrected chi connectivity index (χ4v) is 6.97. The summed E-state index contributed by atoms with van der Waals surface area (Å²) >= 11 is 0. The number of alkyl halides is 2. The molecule has 2 aromatic rings. The van der Waals surface area contributed by atoms with Gasteiger partial charge in [0, 0.05) is 5.56 Å². The van der Waals surface area contributed by atoms with Crippen molar-refractivity contribution >= 4 is 0 Å². The minimum Gasteiger partial charge on any atom is -0.315 e. The third kappa shape index (κ3) is 9.10. The molecule has 2 aliphatic carbocycles. The molecule has 2 saturated carbocycles. The number of hydrogen-bond donors (Lipinski definition) is 0. The van der Waals surface area contributed by atoms with E-state index in [-0.39, 0.29) is 5.56 Å². The molecule has 39 heavy (non-hydrogen) atoms. The van der Waals surface area contributed by atoms with Crippen LogP contribution in [0.2, 0.25) is 0 Å². The molecule has 0 saturated heterocycles. The molecule has 0 spiro atoms. The number of ether oxygens (including phenoxy) is 1. The van der Waals surface area contributed by atoms with Crippen molar-refractivity contribution in [3.63, 3.8) is 0 Å². The average molecular weight is 543 g/mol. The van der Waals surface area contributed by atoms with Gasteiger partial charge in [0.25, 0.3) is 0 Å². The van der Waals surface area contributed by atoms with Crippen molar-refractivity contribution in [3.8, 4) is 0 Å². The van der Waals surface area contributed by atoms with Crippen LogP contribution in [0.4, 0.5) is 13.2 Å². The number of halogens is 3. The second kappa shape index (κ2) is 14.7. The molecule has 2 aliphatic rings. The maximum absolute atomic E-state index is 14.8. The van der Waals surface area contributed by atoms with Crippen LogP contribution < -0.4 is 0 Å². The predicted octanol–water partition coefficient (Wildman–Crippen LogP) is 11.1. The molecule has 0 bridgehead atoms. The van der Waals surface area contributed by atoms with Gasteiger partial charge in [0.05, 0.1) is 13.0 Å². The van der Waals surface area contributed by atoms with Crippen molar-refractivity contribution in [2.24, 2.45) is 11.8 Å². The van der Waals surface area contributed by atoms with Gasteiger partial charge in [-0.2, -0.15) is 8.78 Å². The van der Waals surface area contributed by atoms with Crippen molar-refractivity contribution in [3.05, 3.63) is 70.5 Å². The number of hydrogen-bond acceptors (Lipinski definition) is 1. The van der Waals surface area contributed by atoms with E-state index < -0.39 is 25.0 Å². The Morgan fingerprint density at radius 2 is 1.31 bits per heavy atom. The second-order valence-corrected chi connectivity index (χ2v) is 12.4. The monoisotopic (exact) mass is 542 g/mol. The van der Waals surface area contributed by atoms with Crippen LogP contribution in [0.15, 0.2) is 42.5 Å². The lowest BCUT2D eigenvalue weighted by atomic mass is 9.77. The quantitative estimate of drug-likeness (QED) is 0.229. The molecular weight excluding hydrogens is 493 g/mol. The third-order valence-electron chi connectivity index (χ3n) is 9.45. The molecule has 0 unspecified atom stereocenters. The second-order valence-electron chi connectivity index (χ2n) is 12.4. The Morgan fingerprint density at radius 1 is 0.718 bits per heavy atom. The SMILES string of the molecule is CCCCCC1CCC(c2ccc(CC(F)(F)OCc3ccc(C4CCC(CCC)CC4)cc3F)cc2)CC1. The highest BCUT2D eigenvalue weighted by atomic mass is 19.3. The summed E-state index contributed by atoms with van der Waals surface area (Å²) in [6.07, 6.45) is 13.4. The molecular formula is C35H49F3O. The predicted molar refractivity (Wildman–Crippen MR) is 155 cm³/mol. The van der Waals surface area contributed by atoms with Crippen LogP contribution in [0.1, 0.15) is 138 Å². The first-order valence-corrected chi connectivity index (χ1v) is 15.8. The zero-order chi connectivity index (χ0) is 27.7. The largest absolute Gasteiger partial charge is 0.360 e. The van der Waals surface area contributed by atoms with Crippen molar-refractivity contribution in [2.75, 3.05) is 0 Å². The molecule has 0 aromatic heterocycles. The normalized spacial score (nSPS) is 24.1. The first kappa shape index (κ1) is 30.2. The molecule has 0 heterocycles. The van der Waals surface area contributed by atoms with Crippen molar-refractivity contribution in [1.29, 1.82) is 0 Å². The van der Waals surface area contributed by atoms with Gasteiger partial charge in [-0.05, 0) is 97.8 Å². The molecule has 0 aliphatic heterocycles. The van der Waals surface area contributed by atoms with E-state index in [1.807, 2.05) is 30.3 Å². The lowest BCUT2D eigenvalue weighted by Crippen LogP contribution is -2.24. The van der Waals surface area contributed by atoms with Crippen molar-refractivity contribution < 1.29 is 17.9 Å². The highest BCUT2D eigenvalue weighted by Crippen LogP contribution is 2.39. The standard InChI is InChI=1S/C35H49F3O/c1-3-5-6-8-27-11-15-29(16-12-27)30-19-13-28(14-20-30)24-35(37,38)39-25-33-22-21-32(23-34(33)36)31-17-9-26(7-4-2)10-18-31/h13-14,19-23,26-27,29,31H,3-12,15-18,24-25H2,1-2H3. The summed E-state index contributed by atoms with van der Waals surface area (Å²) in [6, 6.07) is 12.7.